The van der Waals surface area contributed by atoms with Gasteiger partial charge < -0.3 is 0 Å². The number of carbonyl (C=O) groups excluding carboxylic acids is 2. The SMILES string of the molecule is Cc1ccc(S(=O)(=O)Nc2cccc(C(=O)NNC(=O)c3ccccc3Br)c2)cc1. The second-order valence-corrected chi connectivity index (χ2v) is 8.92. The molecule has 0 aliphatic carbocycles. The zero-order valence-corrected chi connectivity index (χ0v) is 18.2. The molecule has 0 fully saturated rings. The number of benzene rings is 3. The van der Waals surface area contributed by atoms with E-state index in [4.69, 9.17) is 0 Å². The number of hydrogen-bond donors (Lipinski definition) is 3. The molecule has 0 aromatic heterocycles. The van der Waals surface area contributed by atoms with E-state index in [0.717, 1.165) is 5.56 Å². The Balaban J connectivity index is 1.69. The quantitative estimate of drug-likeness (QED) is 0.477. The number of halogens is 1. The van der Waals surface area contributed by atoms with Crippen LogP contribution in [-0.4, -0.2) is 20.2 Å². The number of aryl methyl sites for hydroxylation is 1. The van der Waals surface area contributed by atoms with Crippen molar-refractivity contribution in [1.29, 1.82) is 0 Å². The molecule has 30 heavy (non-hydrogen) atoms. The molecule has 0 aliphatic heterocycles. The smallest absolute Gasteiger partial charge is 0.270 e. The Bertz CT molecular complexity index is 1190. The van der Waals surface area contributed by atoms with Gasteiger partial charge in [-0.05, 0) is 65.3 Å². The average molecular weight is 488 g/mol. The van der Waals surface area contributed by atoms with Gasteiger partial charge in [-0.25, -0.2) is 8.42 Å². The molecule has 0 radical (unpaired) electrons. The van der Waals surface area contributed by atoms with Gasteiger partial charge >= 0.3 is 0 Å². The number of hydrazine groups is 1. The largest absolute Gasteiger partial charge is 0.280 e. The summed E-state index contributed by atoms with van der Waals surface area (Å²) in [5.74, 6) is -1.08. The summed E-state index contributed by atoms with van der Waals surface area (Å²) in [6.07, 6.45) is 0. The molecular weight excluding hydrogens is 470 g/mol. The van der Waals surface area contributed by atoms with Crippen molar-refractivity contribution < 1.29 is 18.0 Å². The lowest BCUT2D eigenvalue weighted by Crippen LogP contribution is -2.41. The van der Waals surface area contributed by atoms with Crippen molar-refractivity contribution in [3.8, 4) is 0 Å². The number of carbonyl (C=O) groups is 2. The van der Waals surface area contributed by atoms with Crippen LogP contribution in [0.2, 0.25) is 0 Å². The van der Waals surface area contributed by atoms with Crippen molar-refractivity contribution in [2.75, 3.05) is 4.72 Å². The number of rotatable bonds is 5. The summed E-state index contributed by atoms with van der Waals surface area (Å²) in [6, 6.07) is 19.1. The van der Waals surface area contributed by atoms with E-state index in [1.165, 1.54) is 36.4 Å². The first kappa shape index (κ1) is 21.5. The zero-order chi connectivity index (χ0) is 21.7. The van der Waals surface area contributed by atoms with Gasteiger partial charge in [0, 0.05) is 15.7 Å². The molecular formula is C21H18BrN3O4S. The third-order valence-corrected chi connectivity index (χ3v) is 6.21. The third kappa shape index (κ3) is 5.25. The normalized spacial score (nSPS) is 10.9. The standard InChI is InChI=1S/C21H18BrN3O4S/c1-14-9-11-17(12-10-14)30(28,29)25-16-6-4-5-15(13-16)20(26)23-24-21(27)18-7-2-3-8-19(18)22/h2-13,25H,1H3,(H,23,26)(H,24,27). The first-order chi connectivity index (χ1) is 14.3. The van der Waals surface area contributed by atoms with E-state index in [0.29, 0.717) is 10.0 Å². The fraction of sp³-hybridized carbons (Fsp3) is 0.0476. The van der Waals surface area contributed by atoms with Gasteiger partial charge in [-0.15, -0.1) is 0 Å². The van der Waals surface area contributed by atoms with Crippen LogP contribution < -0.4 is 15.6 Å². The van der Waals surface area contributed by atoms with Crippen LogP contribution in [0, 0.1) is 6.92 Å². The molecule has 0 unspecified atom stereocenters. The Kier molecular flexibility index (Phi) is 6.53. The molecule has 0 atom stereocenters. The highest BCUT2D eigenvalue weighted by atomic mass is 79.9. The predicted molar refractivity (Wildman–Crippen MR) is 118 cm³/mol. The Morgan fingerprint density at radius 1 is 0.833 bits per heavy atom. The molecule has 3 N–H and O–H groups in total. The summed E-state index contributed by atoms with van der Waals surface area (Å²) in [6.45, 7) is 1.86. The van der Waals surface area contributed by atoms with Crippen molar-refractivity contribution in [2.45, 2.75) is 11.8 Å². The number of sulfonamides is 1. The van der Waals surface area contributed by atoms with E-state index >= 15 is 0 Å². The van der Waals surface area contributed by atoms with Gasteiger partial charge in [0.25, 0.3) is 21.8 Å². The minimum absolute atomic E-state index is 0.114. The van der Waals surface area contributed by atoms with E-state index in [9.17, 15) is 18.0 Å². The Morgan fingerprint density at radius 2 is 1.50 bits per heavy atom. The maximum absolute atomic E-state index is 12.5. The van der Waals surface area contributed by atoms with Crippen LogP contribution in [0.1, 0.15) is 26.3 Å². The van der Waals surface area contributed by atoms with Crippen LogP contribution in [0.15, 0.2) is 82.2 Å². The molecule has 3 aromatic carbocycles. The van der Waals surface area contributed by atoms with Gasteiger partial charge in [0.2, 0.25) is 0 Å². The fourth-order valence-electron chi connectivity index (χ4n) is 2.55. The fourth-order valence-corrected chi connectivity index (χ4v) is 4.07. The molecule has 9 heteroatoms. The number of nitrogens with one attached hydrogen (secondary N) is 3. The second-order valence-electron chi connectivity index (χ2n) is 6.39. The van der Waals surface area contributed by atoms with Crippen LogP contribution >= 0.6 is 15.9 Å². The third-order valence-electron chi connectivity index (χ3n) is 4.12. The van der Waals surface area contributed by atoms with Crippen molar-refractivity contribution in [2.24, 2.45) is 0 Å². The lowest BCUT2D eigenvalue weighted by atomic mass is 10.2. The summed E-state index contributed by atoms with van der Waals surface area (Å²) in [7, 11) is -3.80. The van der Waals surface area contributed by atoms with Gasteiger partial charge in [-0.2, -0.15) is 0 Å². The van der Waals surface area contributed by atoms with Gasteiger partial charge in [0.05, 0.1) is 10.5 Å². The molecule has 0 aliphatic rings. The topological polar surface area (TPSA) is 104 Å². The predicted octanol–water partition coefficient (Wildman–Crippen LogP) is 3.63. The highest BCUT2D eigenvalue weighted by molar-refractivity contribution is 9.10. The molecule has 0 saturated heterocycles. The van der Waals surface area contributed by atoms with E-state index in [-0.39, 0.29) is 16.1 Å². The first-order valence-corrected chi connectivity index (χ1v) is 11.1. The monoisotopic (exact) mass is 487 g/mol. The highest BCUT2D eigenvalue weighted by Crippen LogP contribution is 2.18. The maximum Gasteiger partial charge on any atom is 0.270 e. The van der Waals surface area contributed by atoms with Crippen LogP contribution in [0.3, 0.4) is 0 Å². The van der Waals surface area contributed by atoms with E-state index in [1.54, 1.807) is 36.4 Å². The molecule has 3 aromatic rings. The second kappa shape index (κ2) is 9.10. The van der Waals surface area contributed by atoms with E-state index < -0.39 is 21.8 Å². The lowest BCUT2D eigenvalue weighted by Gasteiger charge is -2.11. The summed E-state index contributed by atoms with van der Waals surface area (Å²) in [5, 5.41) is 0. The molecule has 2 amide bonds. The molecule has 7 nitrogen and oxygen atoms in total. The minimum Gasteiger partial charge on any atom is -0.280 e. The molecule has 0 heterocycles. The van der Waals surface area contributed by atoms with Gasteiger partial charge in [0.1, 0.15) is 0 Å². The van der Waals surface area contributed by atoms with E-state index in [2.05, 4.69) is 31.5 Å². The maximum atomic E-state index is 12.5. The van der Waals surface area contributed by atoms with Gasteiger partial charge in [-0.1, -0.05) is 35.9 Å². The lowest BCUT2D eigenvalue weighted by molar-refractivity contribution is 0.0846. The zero-order valence-electron chi connectivity index (χ0n) is 15.8. The summed E-state index contributed by atoms with van der Waals surface area (Å²) in [4.78, 5) is 24.7. The number of amides is 2. The Morgan fingerprint density at radius 3 is 2.20 bits per heavy atom. The average Bonchev–Trinajstić information content (AvgIpc) is 2.72. The molecule has 154 valence electrons. The summed E-state index contributed by atoms with van der Waals surface area (Å²) in [5.41, 5.74) is 6.34. The number of anilines is 1. The van der Waals surface area contributed by atoms with Crippen molar-refractivity contribution in [3.63, 3.8) is 0 Å². The Hall–Kier alpha value is -3.17. The highest BCUT2D eigenvalue weighted by Gasteiger charge is 2.16. The van der Waals surface area contributed by atoms with Crippen LogP contribution in [0.4, 0.5) is 5.69 Å². The van der Waals surface area contributed by atoms with Crippen molar-refractivity contribution >= 4 is 43.5 Å². The Labute approximate surface area is 182 Å². The molecule has 0 saturated carbocycles. The minimum atomic E-state index is -3.80. The van der Waals surface area contributed by atoms with Crippen LogP contribution in [-0.2, 0) is 10.0 Å². The molecule has 0 bridgehead atoms. The summed E-state index contributed by atoms with van der Waals surface area (Å²) < 4.78 is 28.1. The number of hydrogen-bond acceptors (Lipinski definition) is 4. The molecule has 0 spiro atoms. The van der Waals surface area contributed by atoms with Crippen LogP contribution in [0.5, 0.6) is 0 Å². The van der Waals surface area contributed by atoms with Gasteiger partial charge in [-0.3, -0.25) is 25.2 Å². The molecule has 3 rings (SSSR count). The van der Waals surface area contributed by atoms with Crippen LogP contribution in [0.25, 0.3) is 0 Å². The summed E-state index contributed by atoms with van der Waals surface area (Å²) >= 11 is 3.27. The van der Waals surface area contributed by atoms with Crippen molar-refractivity contribution in [3.05, 3.63) is 94.0 Å². The van der Waals surface area contributed by atoms with Gasteiger partial charge in [0.15, 0.2) is 0 Å². The van der Waals surface area contributed by atoms with E-state index in [1.807, 2.05) is 6.92 Å². The first-order valence-electron chi connectivity index (χ1n) is 8.81. The van der Waals surface area contributed by atoms with Crippen molar-refractivity contribution in [1.82, 2.24) is 10.9 Å².